The van der Waals surface area contributed by atoms with E-state index >= 15 is 0 Å². The molecule has 0 aliphatic carbocycles. The van der Waals surface area contributed by atoms with Gasteiger partial charge in [0.1, 0.15) is 6.04 Å². The summed E-state index contributed by atoms with van der Waals surface area (Å²) in [6.45, 7) is 3.60. The van der Waals surface area contributed by atoms with Crippen molar-refractivity contribution in [3.63, 3.8) is 0 Å². The molecule has 0 radical (unpaired) electrons. The zero-order valence-electron chi connectivity index (χ0n) is 10.2. The average Bonchev–Trinajstić information content (AvgIpc) is 2.58. The van der Waals surface area contributed by atoms with Gasteiger partial charge in [0.15, 0.2) is 0 Å². The monoisotopic (exact) mass is 318 g/mol. The summed E-state index contributed by atoms with van der Waals surface area (Å²) in [6.07, 6.45) is 0. The van der Waals surface area contributed by atoms with E-state index in [9.17, 15) is 9.59 Å². The maximum absolute atomic E-state index is 11.9. The smallest absolute Gasteiger partial charge is 0.262 e. The van der Waals surface area contributed by atoms with E-state index in [0.717, 1.165) is 9.35 Å². The van der Waals surface area contributed by atoms with E-state index in [2.05, 4.69) is 21.2 Å². The van der Waals surface area contributed by atoms with Crippen molar-refractivity contribution in [2.75, 3.05) is 14.1 Å². The zero-order valence-corrected chi connectivity index (χ0v) is 12.6. The van der Waals surface area contributed by atoms with Gasteiger partial charge in [0.05, 0.1) is 8.66 Å². The molecule has 1 atom stereocenters. The molecule has 1 N–H and O–H groups in total. The number of likely N-dealkylation sites (N-methyl/N-ethyl adjacent to an activating group) is 1. The Morgan fingerprint density at radius 1 is 1.47 bits per heavy atom. The number of hydrogen-bond donors (Lipinski definition) is 1. The number of aryl methyl sites for hydroxylation is 1. The van der Waals surface area contributed by atoms with E-state index in [1.165, 1.54) is 16.2 Å². The summed E-state index contributed by atoms with van der Waals surface area (Å²) in [5, 5.41) is 2.68. The molecular formula is C11H15BrN2O2S. The lowest BCUT2D eigenvalue weighted by Crippen LogP contribution is -2.44. The molecule has 1 aromatic rings. The van der Waals surface area contributed by atoms with Gasteiger partial charge < -0.3 is 10.2 Å². The van der Waals surface area contributed by atoms with Crippen molar-refractivity contribution in [3.05, 3.63) is 20.3 Å². The molecule has 4 nitrogen and oxygen atoms in total. The van der Waals surface area contributed by atoms with Crippen molar-refractivity contribution in [1.82, 2.24) is 10.2 Å². The number of amides is 2. The summed E-state index contributed by atoms with van der Waals surface area (Å²) >= 11 is 4.73. The third kappa shape index (κ3) is 3.54. The first-order valence-corrected chi connectivity index (χ1v) is 6.72. The Labute approximate surface area is 113 Å². The topological polar surface area (TPSA) is 49.4 Å². The van der Waals surface area contributed by atoms with Crippen LogP contribution in [-0.4, -0.2) is 36.9 Å². The molecule has 1 rings (SSSR count). The molecule has 0 aliphatic heterocycles. The number of hydrogen-bond acceptors (Lipinski definition) is 3. The molecule has 1 aromatic heterocycles. The number of rotatable bonds is 3. The van der Waals surface area contributed by atoms with E-state index in [4.69, 9.17) is 0 Å². The predicted molar refractivity (Wildman–Crippen MR) is 72.4 cm³/mol. The first-order chi connectivity index (χ1) is 7.82. The van der Waals surface area contributed by atoms with Gasteiger partial charge in [-0.25, -0.2) is 0 Å². The van der Waals surface area contributed by atoms with Crippen LogP contribution < -0.4 is 5.32 Å². The lowest BCUT2D eigenvalue weighted by atomic mass is 10.2. The highest BCUT2D eigenvalue weighted by Crippen LogP contribution is 2.27. The Morgan fingerprint density at radius 2 is 2.06 bits per heavy atom. The number of carbonyl (C=O) groups excluding carboxylic acids is 2. The van der Waals surface area contributed by atoms with Crippen molar-refractivity contribution in [1.29, 1.82) is 0 Å². The Hall–Kier alpha value is -0.880. The summed E-state index contributed by atoms with van der Waals surface area (Å²) in [5.41, 5.74) is 1.02. The van der Waals surface area contributed by atoms with Crippen LogP contribution in [-0.2, 0) is 4.79 Å². The van der Waals surface area contributed by atoms with Crippen LogP contribution in [0.15, 0.2) is 9.85 Å². The molecule has 0 aliphatic rings. The van der Waals surface area contributed by atoms with Gasteiger partial charge in [0, 0.05) is 14.1 Å². The maximum atomic E-state index is 11.9. The van der Waals surface area contributed by atoms with Crippen molar-refractivity contribution >= 4 is 39.1 Å². The lowest BCUT2D eigenvalue weighted by molar-refractivity contribution is -0.130. The van der Waals surface area contributed by atoms with Crippen LogP contribution in [0.5, 0.6) is 0 Å². The molecule has 17 heavy (non-hydrogen) atoms. The highest BCUT2D eigenvalue weighted by atomic mass is 79.9. The van der Waals surface area contributed by atoms with Crippen LogP contribution in [0.2, 0.25) is 0 Å². The summed E-state index contributed by atoms with van der Waals surface area (Å²) in [5.74, 6) is -0.336. The number of thiophene rings is 1. The van der Waals surface area contributed by atoms with Crippen LogP contribution in [0.1, 0.15) is 22.2 Å². The highest BCUT2D eigenvalue weighted by molar-refractivity contribution is 9.11. The lowest BCUT2D eigenvalue weighted by Gasteiger charge is -2.17. The average molecular weight is 319 g/mol. The van der Waals surface area contributed by atoms with Gasteiger partial charge in [-0.2, -0.15) is 0 Å². The van der Waals surface area contributed by atoms with Crippen LogP contribution in [0.3, 0.4) is 0 Å². The van der Waals surface area contributed by atoms with Crippen molar-refractivity contribution in [2.24, 2.45) is 0 Å². The van der Waals surface area contributed by atoms with E-state index < -0.39 is 6.04 Å². The second kappa shape index (κ2) is 5.64. The SMILES string of the molecule is Cc1cc(C(=O)NC(C)C(=O)N(C)C)sc1Br. The minimum Gasteiger partial charge on any atom is -0.347 e. The molecule has 0 fully saturated rings. The second-order valence-corrected chi connectivity index (χ2v) is 6.37. The third-order valence-electron chi connectivity index (χ3n) is 2.24. The summed E-state index contributed by atoms with van der Waals surface area (Å²) in [6, 6.07) is 1.29. The number of carbonyl (C=O) groups is 2. The fourth-order valence-corrected chi connectivity index (χ4v) is 2.73. The molecule has 0 bridgehead atoms. The van der Waals surface area contributed by atoms with Crippen molar-refractivity contribution in [3.8, 4) is 0 Å². The first kappa shape index (κ1) is 14.2. The number of nitrogens with one attached hydrogen (secondary N) is 1. The Bertz CT molecular complexity index is 423. The van der Waals surface area contributed by atoms with Crippen LogP contribution in [0.4, 0.5) is 0 Å². The molecule has 1 unspecified atom stereocenters. The molecule has 1 heterocycles. The van der Waals surface area contributed by atoms with Crippen LogP contribution in [0.25, 0.3) is 0 Å². The minimum atomic E-state index is -0.515. The number of nitrogens with zero attached hydrogens (tertiary/aromatic N) is 1. The maximum Gasteiger partial charge on any atom is 0.262 e. The van der Waals surface area contributed by atoms with Crippen molar-refractivity contribution < 1.29 is 9.59 Å². The van der Waals surface area contributed by atoms with Gasteiger partial charge in [-0.05, 0) is 41.4 Å². The van der Waals surface area contributed by atoms with Gasteiger partial charge in [0.25, 0.3) is 5.91 Å². The highest BCUT2D eigenvalue weighted by Gasteiger charge is 2.19. The molecule has 2 amide bonds. The molecule has 0 spiro atoms. The molecule has 0 saturated heterocycles. The quantitative estimate of drug-likeness (QED) is 0.927. The van der Waals surface area contributed by atoms with E-state index in [-0.39, 0.29) is 11.8 Å². The fraction of sp³-hybridized carbons (Fsp3) is 0.455. The van der Waals surface area contributed by atoms with Gasteiger partial charge in [-0.3, -0.25) is 9.59 Å². The summed E-state index contributed by atoms with van der Waals surface area (Å²) in [4.78, 5) is 25.5. The minimum absolute atomic E-state index is 0.120. The largest absolute Gasteiger partial charge is 0.347 e. The summed E-state index contributed by atoms with van der Waals surface area (Å²) in [7, 11) is 3.33. The standard InChI is InChI=1S/C11H15BrN2O2S/c1-6-5-8(17-9(6)12)10(15)13-7(2)11(16)14(3)4/h5,7H,1-4H3,(H,13,15). The summed E-state index contributed by atoms with van der Waals surface area (Å²) < 4.78 is 0.939. The van der Waals surface area contributed by atoms with Crippen LogP contribution in [0, 0.1) is 6.92 Å². The van der Waals surface area contributed by atoms with E-state index in [1.807, 2.05) is 6.92 Å². The molecular weight excluding hydrogens is 304 g/mol. The molecule has 6 heteroatoms. The Balaban J connectivity index is 2.70. The van der Waals surface area contributed by atoms with Crippen molar-refractivity contribution in [2.45, 2.75) is 19.9 Å². The van der Waals surface area contributed by atoms with E-state index in [0.29, 0.717) is 4.88 Å². The fourth-order valence-electron chi connectivity index (χ4n) is 1.29. The second-order valence-electron chi connectivity index (χ2n) is 4.00. The van der Waals surface area contributed by atoms with Gasteiger partial charge in [0.2, 0.25) is 5.91 Å². The van der Waals surface area contributed by atoms with Gasteiger partial charge >= 0.3 is 0 Å². The van der Waals surface area contributed by atoms with Crippen LogP contribution >= 0.6 is 27.3 Å². The first-order valence-electron chi connectivity index (χ1n) is 5.11. The predicted octanol–water partition coefficient (Wildman–Crippen LogP) is 2.03. The normalized spacial score (nSPS) is 12.1. The Morgan fingerprint density at radius 3 is 2.47 bits per heavy atom. The molecule has 0 aromatic carbocycles. The molecule has 0 saturated carbocycles. The van der Waals surface area contributed by atoms with Gasteiger partial charge in [-0.15, -0.1) is 11.3 Å². The van der Waals surface area contributed by atoms with Gasteiger partial charge in [-0.1, -0.05) is 0 Å². The number of halogens is 1. The Kier molecular flexibility index (Phi) is 4.70. The van der Waals surface area contributed by atoms with E-state index in [1.54, 1.807) is 27.1 Å². The molecule has 94 valence electrons. The third-order valence-corrected chi connectivity index (χ3v) is 4.38. The zero-order chi connectivity index (χ0) is 13.2.